The van der Waals surface area contributed by atoms with Crippen molar-refractivity contribution in [3.63, 3.8) is 0 Å². The average molecular weight is 152 g/mol. The van der Waals surface area contributed by atoms with Crippen molar-refractivity contribution in [2.45, 2.75) is 13.0 Å². The number of halogens is 1. The van der Waals surface area contributed by atoms with E-state index in [2.05, 4.69) is 10.3 Å². The van der Waals surface area contributed by atoms with Crippen molar-refractivity contribution in [3.05, 3.63) is 29.3 Å². The van der Waals surface area contributed by atoms with Gasteiger partial charge in [0.05, 0.1) is 0 Å². The van der Waals surface area contributed by atoms with Crippen molar-refractivity contribution < 1.29 is 4.39 Å². The predicted molar refractivity (Wildman–Crippen MR) is 39.6 cm³/mol. The van der Waals surface area contributed by atoms with Gasteiger partial charge in [-0.15, -0.1) is 0 Å². The van der Waals surface area contributed by atoms with Crippen molar-refractivity contribution in [1.82, 2.24) is 10.3 Å². The molecule has 0 saturated heterocycles. The zero-order valence-electron chi connectivity index (χ0n) is 6.10. The minimum absolute atomic E-state index is 0.370. The molecule has 0 spiro atoms. The molecule has 3 heteroatoms. The topological polar surface area (TPSA) is 24.9 Å². The highest BCUT2D eigenvalue weighted by Gasteiger charge is 2.08. The molecule has 1 aromatic rings. The number of nitrogens with one attached hydrogen (secondary N) is 1. The molecule has 2 rings (SSSR count). The lowest BCUT2D eigenvalue weighted by molar-refractivity contribution is 0.567. The van der Waals surface area contributed by atoms with E-state index in [0.29, 0.717) is 0 Å². The Labute approximate surface area is 64.5 Å². The first-order valence-corrected chi connectivity index (χ1v) is 3.70. The second-order valence-corrected chi connectivity index (χ2v) is 2.70. The number of nitrogens with zero attached hydrogens (tertiary/aromatic N) is 1. The van der Waals surface area contributed by atoms with Crippen LogP contribution in [0.2, 0.25) is 0 Å². The summed E-state index contributed by atoms with van der Waals surface area (Å²) in [5, 5.41) is 3.20. The summed E-state index contributed by atoms with van der Waals surface area (Å²) in [6.07, 6.45) is 2.52. The Morgan fingerprint density at radius 1 is 1.45 bits per heavy atom. The molecule has 0 aromatic carbocycles. The van der Waals surface area contributed by atoms with Crippen LogP contribution in [0.3, 0.4) is 0 Å². The third-order valence-electron chi connectivity index (χ3n) is 1.94. The molecule has 0 saturated carbocycles. The SMILES string of the molecule is Fc1cc2c(cn1)CNCC2. The van der Waals surface area contributed by atoms with E-state index in [1.165, 1.54) is 6.07 Å². The molecule has 0 atom stereocenters. The first-order valence-electron chi connectivity index (χ1n) is 3.70. The van der Waals surface area contributed by atoms with Gasteiger partial charge in [0.2, 0.25) is 5.95 Å². The largest absolute Gasteiger partial charge is 0.312 e. The van der Waals surface area contributed by atoms with Crippen molar-refractivity contribution >= 4 is 0 Å². The second kappa shape index (κ2) is 2.58. The predicted octanol–water partition coefficient (Wildman–Crippen LogP) is 0.866. The molecule has 0 fully saturated rings. The molecule has 0 bridgehead atoms. The van der Waals surface area contributed by atoms with Gasteiger partial charge in [0.25, 0.3) is 0 Å². The van der Waals surface area contributed by atoms with Gasteiger partial charge in [-0.3, -0.25) is 0 Å². The number of hydrogen-bond acceptors (Lipinski definition) is 2. The minimum atomic E-state index is -0.370. The molecular weight excluding hydrogens is 143 g/mol. The summed E-state index contributed by atoms with van der Waals surface area (Å²) in [7, 11) is 0. The molecule has 11 heavy (non-hydrogen) atoms. The van der Waals surface area contributed by atoms with E-state index >= 15 is 0 Å². The maximum atomic E-state index is 12.6. The molecule has 0 radical (unpaired) electrons. The molecule has 1 aromatic heterocycles. The number of aromatic nitrogens is 1. The van der Waals surface area contributed by atoms with Gasteiger partial charge in [-0.2, -0.15) is 4.39 Å². The van der Waals surface area contributed by atoms with Crippen molar-refractivity contribution in [2.75, 3.05) is 6.54 Å². The van der Waals surface area contributed by atoms with Crippen LogP contribution in [0.4, 0.5) is 4.39 Å². The standard InChI is InChI=1S/C8H9FN2/c9-8-3-6-1-2-10-4-7(6)5-11-8/h3,5,10H,1-2,4H2. The third-order valence-corrected chi connectivity index (χ3v) is 1.94. The summed E-state index contributed by atoms with van der Waals surface area (Å²) >= 11 is 0. The van der Waals surface area contributed by atoms with Crippen LogP contribution in [0.5, 0.6) is 0 Å². The zero-order chi connectivity index (χ0) is 7.68. The van der Waals surface area contributed by atoms with Crippen molar-refractivity contribution in [1.29, 1.82) is 0 Å². The third kappa shape index (κ3) is 1.24. The van der Waals surface area contributed by atoms with Gasteiger partial charge in [0.15, 0.2) is 0 Å². The molecule has 2 nitrogen and oxygen atoms in total. The molecule has 1 aliphatic heterocycles. The maximum absolute atomic E-state index is 12.6. The van der Waals surface area contributed by atoms with E-state index in [0.717, 1.165) is 30.6 Å². The van der Waals surface area contributed by atoms with Crippen molar-refractivity contribution in [3.8, 4) is 0 Å². The summed E-state index contributed by atoms with van der Waals surface area (Å²) in [6, 6.07) is 1.52. The molecule has 1 N–H and O–H groups in total. The lowest BCUT2D eigenvalue weighted by atomic mass is 10.0. The van der Waals surface area contributed by atoms with Crippen LogP contribution in [0.1, 0.15) is 11.1 Å². The average Bonchev–Trinajstić information content (AvgIpc) is 2.04. The zero-order valence-corrected chi connectivity index (χ0v) is 6.10. The molecule has 58 valence electrons. The van der Waals surface area contributed by atoms with Crippen LogP contribution >= 0.6 is 0 Å². The minimum Gasteiger partial charge on any atom is -0.312 e. The molecule has 2 heterocycles. The van der Waals surface area contributed by atoms with Gasteiger partial charge in [-0.25, -0.2) is 4.98 Å². The number of pyridine rings is 1. The van der Waals surface area contributed by atoms with Crippen molar-refractivity contribution in [2.24, 2.45) is 0 Å². The van der Waals surface area contributed by atoms with Gasteiger partial charge in [-0.1, -0.05) is 0 Å². The summed E-state index contributed by atoms with van der Waals surface area (Å²) in [4.78, 5) is 3.59. The number of hydrogen-bond donors (Lipinski definition) is 1. The van der Waals surface area contributed by atoms with Crippen LogP contribution in [0, 0.1) is 5.95 Å². The van der Waals surface area contributed by atoms with Gasteiger partial charge in [0, 0.05) is 12.7 Å². The van der Waals surface area contributed by atoms with E-state index in [9.17, 15) is 4.39 Å². The van der Waals surface area contributed by atoms with Gasteiger partial charge >= 0.3 is 0 Å². The van der Waals surface area contributed by atoms with E-state index in [-0.39, 0.29) is 5.95 Å². The van der Waals surface area contributed by atoms with Crippen LogP contribution in [-0.2, 0) is 13.0 Å². The Hall–Kier alpha value is -0.960. The lowest BCUT2D eigenvalue weighted by Gasteiger charge is -2.15. The van der Waals surface area contributed by atoms with Crippen LogP contribution in [0.25, 0.3) is 0 Å². The second-order valence-electron chi connectivity index (χ2n) is 2.70. The Morgan fingerprint density at radius 2 is 2.36 bits per heavy atom. The van der Waals surface area contributed by atoms with Gasteiger partial charge < -0.3 is 5.32 Å². The van der Waals surface area contributed by atoms with E-state index in [4.69, 9.17) is 0 Å². The highest BCUT2D eigenvalue weighted by atomic mass is 19.1. The summed E-state index contributed by atoms with van der Waals surface area (Å²) in [6.45, 7) is 1.76. The van der Waals surface area contributed by atoms with Gasteiger partial charge in [0.1, 0.15) is 0 Å². The fourth-order valence-corrected chi connectivity index (χ4v) is 1.33. The highest BCUT2D eigenvalue weighted by Crippen LogP contribution is 2.12. The Bertz CT molecular complexity index is 273. The fourth-order valence-electron chi connectivity index (χ4n) is 1.33. The summed E-state index contributed by atoms with van der Waals surface area (Å²) in [5.74, 6) is -0.370. The van der Waals surface area contributed by atoms with Crippen LogP contribution < -0.4 is 5.32 Å². The fraction of sp³-hybridized carbons (Fsp3) is 0.375. The monoisotopic (exact) mass is 152 g/mol. The molecular formula is C8H9FN2. The smallest absolute Gasteiger partial charge is 0.213 e. The van der Waals surface area contributed by atoms with Crippen LogP contribution in [0.15, 0.2) is 12.3 Å². The first-order chi connectivity index (χ1) is 5.36. The Morgan fingerprint density at radius 3 is 3.27 bits per heavy atom. The Kier molecular flexibility index (Phi) is 1.58. The summed E-state index contributed by atoms with van der Waals surface area (Å²) < 4.78 is 12.6. The van der Waals surface area contributed by atoms with E-state index in [1.54, 1.807) is 6.20 Å². The maximum Gasteiger partial charge on any atom is 0.213 e. The van der Waals surface area contributed by atoms with E-state index < -0.39 is 0 Å². The molecule has 1 aliphatic rings. The quantitative estimate of drug-likeness (QED) is 0.558. The van der Waals surface area contributed by atoms with E-state index in [1.807, 2.05) is 0 Å². The molecule has 0 unspecified atom stereocenters. The van der Waals surface area contributed by atoms with Gasteiger partial charge in [-0.05, 0) is 30.2 Å². The molecule has 0 amide bonds. The Balaban J connectivity index is 2.43. The highest BCUT2D eigenvalue weighted by molar-refractivity contribution is 5.25. The normalized spacial score (nSPS) is 16.1. The first kappa shape index (κ1) is 6.73. The van der Waals surface area contributed by atoms with Crippen LogP contribution in [-0.4, -0.2) is 11.5 Å². The molecule has 0 aliphatic carbocycles. The number of rotatable bonds is 0. The summed E-state index contributed by atoms with van der Waals surface area (Å²) in [5.41, 5.74) is 2.22. The lowest BCUT2D eigenvalue weighted by Crippen LogP contribution is -2.23. The number of fused-ring (bicyclic) bond motifs is 1.